The molecule has 0 aromatic heterocycles. The number of fused-ring (bicyclic) bond motifs is 1. The van der Waals surface area contributed by atoms with Gasteiger partial charge < -0.3 is 0 Å². The monoisotopic (exact) mass is 276 g/mol. The minimum absolute atomic E-state index is 0.365. The lowest BCUT2D eigenvalue weighted by Crippen LogP contribution is -2.27. The molecular formula is C19H20N2. The topological polar surface area (TPSA) is 15.6 Å². The molecule has 1 fully saturated rings. The summed E-state index contributed by atoms with van der Waals surface area (Å²) in [7, 11) is 0. The Hall–Kier alpha value is -2.09. The van der Waals surface area contributed by atoms with Crippen LogP contribution in [0.15, 0.2) is 65.8 Å². The number of hydrogen-bond acceptors (Lipinski definition) is 2. The summed E-state index contributed by atoms with van der Waals surface area (Å²) < 4.78 is 0. The van der Waals surface area contributed by atoms with Crippen molar-refractivity contribution in [2.24, 2.45) is 11.0 Å². The SMILES string of the molecule is c1ccc(C2C3CCCCC3=NN2c2ccccc2)cc1. The van der Waals surface area contributed by atoms with E-state index in [0.717, 1.165) is 6.42 Å². The highest BCUT2D eigenvalue weighted by Crippen LogP contribution is 2.44. The van der Waals surface area contributed by atoms with Gasteiger partial charge in [-0.2, -0.15) is 5.10 Å². The summed E-state index contributed by atoms with van der Waals surface area (Å²) in [5.41, 5.74) is 3.99. The molecule has 2 aromatic rings. The van der Waals surface area contributed by atoms with E-state index in [1.54, 1.807) is 0 Å². The van der Waals surface area contributed by atoms with Gasteiger partial charge in [-0.1, -0.05) is 55.0 Å². The van der Waals surface area contributed by atoms with Gasteiger partial charge in [-0.25, -0.2) is 0 Å². The van der Waals surface area contributed by atoms with E-state index >= 15 is 0 Å². The zero-order valence-corrected chi connectivity index (χ0v) is 12.2. The summed E-state index contributed by atoms with van der Waals surface area (Å²) in [5.74, 6) is 0.585. The molecule has 21 heavy (non-hydrogen) atoms. The van der Waals surface area contributed by atoms with Crippen molar-refractivity contribution in [1.29, 1.82) is 0 Å². The molecule has 0 spiro atoms. The number of hydrogen-bond donors (Lipinski definition) is 0. The molecule has 2 aromatic carbocycles. The molecule has 2 unspecified atom stereocenters. The summed E-state index contributed by atoms with van der Waals surface area (Å²) in [6.07, 6.45) is 5.05. The van der Waals surface area contributed by atoms with Gasteiger partial charge in [0.1, 0.15) is 0 Å². The van der Waals surface area contributed by atoms with Crippen LogP contribution in [0.1, 0.15) is 37.3 Å². The van der Waals surface area contributed by atoms with Crippen LogP contribution in [0.25, 0.3) is 0 Å². The minimum atomic E-state index is 0.365. The van der Waals surface area contributed by atoms with Crippen molar-refractivity contribution in [3.63, 3.8) is 0 Å². The third-order valence-corrected chi connectivity index (χ3v) is 4.67. The third kappa shape index (κ3) is 2.25. The van der Waals surface area contributed by atoms with Gasteiger partial charge in [0.15, 0.2) is 0 Å². The molecule has 2 aliphatic rings. The summed E-state index contributed by atoms with van der Waals surface area (Å²) in [6, 6.07) is 21.8. The first-order valence-corrected chi connectivity index (χ1v) is 7.90. The van der Waals surface area contributed by atoms with E-state index in [1.165, 1.54) is 36.2 Å². The van der Waals surface area contributed by atoms with Crippen LogP contribution >= 0.6 is 0 Å². The molecule has 1 saturated carbocycles. The lowest BCUT2D eigenvalue weighted by Gasteiger charge is -2.30. The number of benzene rings is 2. The Morgan fingerprint density at radius 2 is 1.57 bits per heavy atom. The van der Waals surface area contributed by atoms with Gasteiger partial charge in [0, 0.05) is 11.6 Å². The van der Waals surface area contributed by atoms with Crippen LogP contribution in [0.4, 0.5) is 5.69 Å². The largest absolute Gasteiger partial charge is 0.257 e. The van der Waals surface area contributed by atoms with Crippen LogP contribution in [-0.4, -0.2) is 5.71 Å². The summed E-state index contributed by atoms with van der Waals surface area (Å²) in [4.78, 5) is 0. The maximum atomic E-state index is 4.99. The fraction of sp³-hybridized carbons (Fsp3) is 0.316. The van der Waals surface area contributed by atoms with Crippen molar-refractivity contribution in [2.45, 2.75) is 31.7 Å². The van der Waals surface area contributed by atoms with Crippen molar-refractivity contribution >= 4 is 11.4 Å². The van der Waals surface area contributed by atoms with Gasteiger partial charge in [0.25, 0.3) is 0 Å². The molecule has 1 heterocycles. The number of nitrogens with zero attached hydrogens (tertiary/aromatic N) is 2. The van der Waals surface area contributed by atoms with Crippen molar-refractivity contribution in [2.75, 3.05) is 5.01 Å². The van der Waals surface area contributed by atoms with Crippen LogP contribution in [0.3, 0.4) is 0 Å². The molecule has 4 rings (SSSR count). The zero-order chi connectivity index (χ0) is 14.1. The highest BCUT2D eigenvalue weighted by Gasteiger charge is 2.39. The molecule has 1 aliphatic heterocycles. The predicted molar refractivity (Wildman–Crippen MR) is 87.5 cm³/mol. The fourth-order valence-electron chi connectivity index (χ4n) is 3.68. The Balaban J connectivity index is 1.77. The second kappa shape index (κ2) is 5.36. The first kappa shape index (κ1) is 12.6. The molecule has 2 heteroatoms. The second-order valence-corrected chi connectivity index (χ2v) is 5.98. The Labute approximate surface area is 126 Å². The van der Waals surface area contributed by atoms with Crippen molar-refractivity contribution in [3.8, 4) is 0 Å². The second-order valence-electron chi connectivity index (χ2n) is 5.98. The molecular weight excluding hydrogens is 256 g/mol. The zero-order valence-electron chi connectivity index (χ0n) is 12.2. The van der Waals surface area contributed by atoms with Gasteiger partial charge in [0.05, 0.1) is 11.7 Å². The number of anilines is 1. The highest BCUT2D eigenvalue weighted by molar-refractivity contribution is 5.91. The van der Waals surface area contributed by atoms with Gasteiger partial charge in [-0.3, -0.25) is 5.01 Å². The molecule has 0 N–H and O–H groups in total. The Kier molecular flexibility index (Phi) is 3.23. The molecule has 106 valence electrons. The number of hydrazone groups is 1. The molecule has 1 aliphatic carbocycles. The maximum absolute atomic E-state index is 4.99. The van der Waals surface area contributed by atoms with Gasteiger partial charge in [-0.15, -0.1) is 0 Å². The fourth-order valence-corrected chi connectivity index (χ4v) is 3.68. The van der Waals surface area contributed by atoms with Crippen LogP contribution < -0.4 is 5.01 Å². The van der Waals surface area contributed by atoms with Crippen LogP contribution in [0.5, 0.6) is 0 Å². The third-order valence-electron chi connectivity index (χ3n) is 4.67. The van der Waals surface area contributed by atoms with E-state index in [0.29, 0.717) is 12.0 Å². The van der Waals surface area contributed by atoms with E-state index in [4.69, 9.17) is 5.10 Å². The van der Waals surface area contributed by atoms with Crippen LogP contribution in [-0.2, 0) is 0 Å². The van der Waals surface area contributed by atoms with Gasteiger partial charge >= 0.3 is 0 Å². The Morgan fingerprint density at radius 1 is 0.857 bits per heavy atom. The Bertz CT molecular complexity index is 633. The normalized spacial score (nSPS) is 24.6. The Morgan fingerprint density at radius 3 is 2.33 bits per heavy atom. The standard InChI is InChI=1S/C19H20N2/c1-3-9-15(10-4-1)19-17-13-7-8-14-18(17)20-21(19)16-11-5-2-6-12-16/h1-6,9-12,17,19H,7-8,13-14H2. The van der Waals surface area contributed by atoms with E-state index in [2.05, 4.69) is 65.7 Å². The summed E-state index contributed by atoms with van der Waals surface area (Å²) >= 11 is 0. The van der Waals surface area contributed by atoms with E-state index < -0.39 is 0 Å². The van der Waals surface area contributed by atoms with Crippen molar-refractivity contribution in [1.82, 2.24) is 0 Å². The smallest absolute Gasteiger partial charge is 0.0856 e. The first-order valence-electron chi connectivity index (χ1n) is 7.90. The number of rotatable bonds is 2. The lowest BCUT2D eigenvalue weighted by molar-refractivity contribution is 0.467. The quantitative estimate of drug-likeness (QED) is 0.769. The molecule has 0 saturated heterocycles. The predicted octanol–water partition coefficient (Wildman–Crippen LogP) is 4.79. The highest BCUT2D eigenvalue weighted by atomic mass is 15.5. The van der Waals surface area contributed by atoms with Crippen LogP contribution in [0, 0.1) is 5.92 Å². The minimum Gasteiger partial charge on any atom is -0.257 e. The van der Waals surface area contributed by atoms with Crippen molar-refractivity contribution < 1.29 is 0 Å². The van der Waals surface area contributed by atoms with E-state index in [1.807, 2.05) is 0 Å². The molecule has 0 radical (unpaired) electrons. The van der Waals surface area contributed by atoms with Gasteiger partial charge in [0.2, 0.25) is 0 Å². The summed E-state index contributed by atoms with van der Waals surface area (Å²) in [6.45, 7) is 0. The molecule has 2 atom stereocenters. The first-order chi connectivity index (χ1) is 10.4. The summed E-state index contributed by atoms with van der Waals surface area (Å²) in [5, 5.41) is 7.24. The van der Waals surface area contributed by atoms with Crippen LogP contribution in [0.2, 0.25) is 0 Å². The molecule has 0 amide bonds. The number of para-hydroxylation sites is 1. The van der Waals surface area contributed by atoms with Gasteiger partial charge in [-0.05, 0) is 37.0 Å². The van der Waals surface area contributed by atoms with E-state index in [-0.39, 0.29) is 0 Å². The molecule has 2 nitrogen and oxygen atoms in total. The lowest BCUT2D eigenvalue weighted by atomic mass is 9.80. The average Bonchev–Trinajstić information content (AvgIpc) is 2.96. The molecule has 0 bridgehead atoms. The maximum Gasteiger partial charge on any atom is 0.0856 e. The van der Waals surface area contributed by atoms with Crippen molar-refractivity contribution in [3.05, 3.63) is 66.2 Å². The average molecular weight is 276 g/mol. The van der Waals surface area contributed by atoms with E-state index in [9.17, 15) is 0 Å².